The SMILES string of the molecule is O=c1[nH]c(=O)n(C2OC(CI)C(O)C2O)cc1F. The van der Waals surface area contributed by atoms with Gasteiger partial charge in [0.25, 0.3) is 5.56 Å². The van der Waals surface area contributed by atoms with E-state index in [-0.39, 0.29) is 0 Å². The molecule has 0 radical (unpaired) electrons. The first kappa shape index (κ1) is 13.6. The summed E-state index contributed by atoms with van der Waals surface area (Å²) >= 11 is 1.95. The van der Waals surface area contributed by atoms with Gasteiger partial charge < -0.3 is 14.9 Å². The lowest BCUT2D eigenvalue weighted by atomic mass is 10.1. The van der Waals surface area contributed by atoms with Crippen LogP contribution in [0.5, 0.6) is 0 Å². The highest BCUT2D eigenvalue weighted by atomic mass is 127. The van der Waals surface area contributed by atoms with Crippen LogP contribution in [0, 0.1) is 5.82 Å². The Morgan fingerprint density at radius 1 is 1.44 bits per heavy atom. The molecule has 0 spiro atoms. The highest BCUT2D eigenvalue weighted by molar-refractivity contribution is 14.1. The van der Waals surface area contributed by atoms with Crippen molar-refractivity contribution < 1.29 is 19.3 Å². The first-order valence-electron chi connectivity index (χ1n) is 5.04. The largest absolute Gasteiger partial charge is 0.387 e. The third-order valence-corrected chi connectivity index (χ3v) is 3.56. The Balaban J connectivity index is 2.42. The number of hydrogen-bond acceptors (Lipinski definition) is 5. The summed E-state index contributed by atoms with van der Waals surface area (Å²) in [5.41, 5.74) is -2.05. The van der Waals surface area contributed by atoms with Gasteiger partial charge in [0.1, 0.15) is 12.2 Å². The minimum atomic E-state index is -1.37. The zero-order valence-corrected chi connectivity index (χ0v) is 11.1. The van der Waals surface area contributed by atoms with Crippen LogP contribution in [0.4, 0.5) is 4.39 Å². The second-order valence-corrected chi connectivity index (χ2v) is 4.72. The lowest BCUT2D eigenvalue weighted by molar-refractivity contribution is -0.0340. The molecule has 9 heteroatoms. The van der Waals surface area contributed by atoms with E-state index in [4.69, 9.17) is 4.74 Å². The van der Waals surface area contributed by atoms with Crippen molar-refractivity contribution in [2.45, 2.75) is 24.5 Å². The molecule has 0 bridgehead atoms. The van der Waals surface area contributed by atoms with Crippen molar-refractivity contribution >= 4 is 22.6 Å². The molecule has 0 aromatic carbocycles. The number of aliphatic hydroxyl groups is 2. The van der Waals surface area contributed by atoms with Gasteiger partial charge in [0.2, 0.25) is 5.82 Å². The fourth-order valence-electron chi connectivity index (χ4n) is 1.74. The van der Waals surface area contributed by atoms with Crippen LogP contribution in [0.3, 0.4) is 0 Å². The Kier molecular flexibility index (Phi) is 3.84. The number of aliphatic hydroxyl groups excluding tert-OH is 2. The second-order valence-electron chi connectivity index (χ2n) is 3.84. The number of aromatic nitrogens is 2. The normalized spacial score (nSPS) is 31.8. The van der Waals surface area contributed by atoms with Gasteiger partial charge in [-0.15, -0.1) is 0 Å². The number of nitrogens with zero attached hydrogens (tertiary/aromatic N) is 1. The highest BCUT2D eigenvalue weighted by Gasteiger charge is 2.43. The molecule has 0 saturated carbocycles. The molecule has 2 heterocycles. The van der Waals surface area contributed by atoms with Crippen LogP contribution in [-0.2, 0) is 4.74 Å². The molecule has 7 nitrogen and oxygen atoms in total. The van der Waals surface area contributed by atoms with Crippen molar-refractivity contribution in [3.05, 3.63) is 32.9 Å². The molecular formula is C9H10FIN2O5. The van der Waals surface area contributed by atoms with Crippen LogP contribution in [0.2, 0.25) is 0 Å². The molecule has 3 N–H and O–H groups in total. The van der Waals surface area contributed by atoms with E-state index in [0.717, 1.165) is 4.57 Å². The number of ether oxygens (including phenoxy) is 1. The minimum absolute atomic E-state index is 0.396. The molecule has 1 aromatic rings. The number of nitrogens with one attached hydrogen (secondary N) is 1. The second kappa shape index (κ2) is 5.07. The predicted molar refractivity (Wildman–Crippen MR) is 66.1 cm³/mol. The maximum atomic E-state index is 13.1. The molecule has 18 heavy (non-hydrogen) atoms. The van der Waals surface area contributed by atoms with Gasteiger partial charge in [0, 0.05) is 4.43 Å². The molecular weight excluding hydrogens is 362 g/mol. The number of rotatable bonds is 2. The standard InChI is InChI=1S/C9H10FIN2O5/c10-3-2-13(9(17)12-7(3)16)8-6(15)5(14)4(1-11)18-8/h2,4-6,8,14-15H,1H2,(H,12,16,17). The summed E-state index contributed by atoms with van der Waals surface area (Å²) in [7, 11) is 0. The Bertz CT molecular complexity index is 559. The van der Waals surface area contributed by atoms with Gasteiger partial charge in [-0.05, 0) is 0 Å². The zero-order valence-electron chi connectivity index (χ0n) is 8.92. The minimum Gasteiger partial charge on any atom is -0.387 e. The fraction of sp³-hybridized carbons (Fsp3) is 0.556. The van der Waals surface area contributed by atoms with Crippen molar-refractivity contribution in [1.82, 2.24) is 9.55 Å². The van der Waals surface area contributed by atoms with E-state index >= 15 is 0 Å². The van der Waals surface area contributed by atoms with Gasteiger partial charge >= 0.3 is 5.69 Å². The van der Waals surface area contributed by atoms with Crippen LogP contribution in [0.15, 0.2) is 15.8 Å². The molecule has 1 fully saturated rings. The summed E-state index contributed by atoms with van der Waals surface area (Å²) in [5, 5.41) is 19.4. The number of aromatic amines is 1. The van der Waals surface area contributed by atoms with Gasteiger partial charge in [0.15, 0.2) is 6.23 Å². The summed E-state index contributed by atoms with van der Waals surface area (Å²) < 4.78 is 19.5. The van der Waals surface area contributed by atoms with Gasteiger partial charge in [-0.2, -0.15) is 4.39 Å². The van der Waals surface area contributed by atoms with Crippen molar-refractivity contribution in [3.63, 3.8) is 0 Å². The van der Waals surface area contributed by atoms with Gasteiger partial charge in [0.05, 0.1) is 12.3 Å². The molecule has 0 aliphatic carbocycles. The van der Waals surface area contributed by atoms with E-state index in [2.05, 4.69) is 0 Å². The molecule has 1 aliphatic heterocycles. The van der Waals surface area contributed by atoms with E-state index in [1.165, 1.54) is 0 Å². The topological polar surface area (TPSA) is 105 Å². The van der Waals surface area contributed by atoms with E-state index in [0.29, 0.717) is 10.6 Å². The van der Waals surface area contributed by atoms with Crippen molar-refractivity contribution in [2.75, 3.05) is 4.43 Å². The van der Waals surface area contributed by atoms with Crippen molar-refractivity contribution in [3.8, 4) is 0 Å². The van der Waals surface area contributed by atoms with Crippen molar-refractivity contribution in [1.29, 1.82) is 0 Å². The van der Waals surface area contributed by atoms with Crippen LogP contribution in [0.1, 0.15) is 6.23 Å². The van der Waals surface area contributed by atoms with Gasteiger partial charge in [-0.25, -0.2) is 4.79 Å². The van der Waals surface area contributed by atoms with Gasteiger partial charge in [-0.3, -0.25) is 14.3 Å². The average molecular weight is 372 g/mol. The van der Waals surface area contributed by atoms with Crippen LogP contribution < -0.4 is 11.2 Å². The first-order chi connectivity index (χ1) is 8.45. The fourth-order valence-corrected chi connectivity index (χ4v) is 2.46. The number of H-pyrrole nitrogens is 1. The summed E-state index contributed by atoms with van der Waals surface area (Å²) in [6.45, 7) is 0. The summed E-state index contributed by atoms with van der Waals surface area (Å²) in [6.07, 6.45) is -3.77. The molecule has 1 saturated heterocycles. The average Bonchev–Trinajstić information content (AvgIpc) is 2.61. The number of halogens is 2. The summed E-state index contributed by atoms with van der Waals surface area (Å²) in [6, 6.07) is 0. The van der Waals surface area contributed by atoms with Gasteiger partial charge in [-0.1, -0.05) is 22.6 Å². The molecule has 0 amide bonds. The van der Waals surface area contributed by atoms with Crippen LogP contribution in [-0.4, -0.2) is 42.5 Å². The zero-order chi connectivity index (χ0) is 13.4. The third-order valence-electron chi connectivity index (χ3n) is 2.69. The quantitative estimate of drug-likeness (QED) is 0.444. The maximum absolute atomic E-state index is 13.1. The number of alkyl halides is 1. The first-order valence-corrected chi connectivity index (χ1v) is 6.56. The highest BCUT2D eigenvalue weighted by Crippen LogP contribution is 2.29. The monoisotopic (exact) mass is 372 g/mol. The Labute approximate surface area is 113 Å². The summed E-state index contributed by atoms with van der Waals surface area (Å²) in [5.74, 6) is -1.17. The molecule has 4 unspecified atom stereocenters. The Morgan fingerprint density at radius 2 is 2.11 bits per heavy atom. The Hall–Kier alpha value is -0.780. The van der Waals surface area contributed by atoms with Crippen molar-refractivity contribution in [2.24, 2.45) is 0 Å². The molecule has 1 aliphatic rings. The van der Waals surface area contributed by atoms with Crippen LogP contribution in [0.25, 0.3) is 0 Å². The molecule has 4 atom stereocenters. The maximum Gasteiger partial charge on any atom is 0.330 e. The molecule has 1 aromatic heterocycles. The number of hydrogen-bond donors (Lipinski definition) is 3. The van der Waals surface area contributed by atoms with E-state index in [9.17, 15) is 24.2 Å². The van der Waals surface area contributed by atoms with Crippen LogP contribution >= 0.6 is 22.6 Å². The van der Waals surface area contributed by atoms with E-state index in [1.54, 1.807) is 4.98 Å². The smallest absolute Gasteiger partial charge is 0.330 e. The predicted octanol–water partition coefficient (Wildman–Crippen LogP) is -1.27. The molecule has 100 valence electrons. The van der Waals surface area contributed by atoms with E-state index in [1.807, 2.05) is 22.6 Å². The Morgan fingerprint density at radius 3 is 2.67 bits per heavy atom. The summed E-state index contributed by atoms with van der Waals surface area (Å²) in [4.78, 5) is 24.1. The van der Waals surface area contributed by atoms with E-state index < -0.39 is 41.6 Å². The lowest BCUT2D eigenvalue weighted by Gasteiger charge is -2.16. The third kappa shape index (κ3) is 2.22. The molecule has 2 rings (SSSR count). The lowest BCUT2D eigenvalue weighted by Crippen LogP contribution is -2.38.